The minimum atomic E-state index is -0.707. The smallest absolute Gasteiger partial charge is 0.257 e. The van der Waals surface area contributed by atoms with E-state index in [2.05, 4.69) is 32.9 Å². The molecule has 2 nitrogen and oxygen atoms in total. The quantitative estimate of drug-likeness (QED) is 0.342. The van der Waals surface area contributed by atoms with E-state index in [1.54, 1.807) is 23.1 Å². The highest BCUT2D eigenvalue weighted by molar-refractivity contribution is 6.42. The van der Waals surface area contributed by atoms with Crippen molar-refractivity contribution in [2.24, 2.45) is 0 Å². The van der Waals surface area contributed by atoms with E-state index >= 15 is 0 Å². The summed E-state index contributed by atoms with van der Waals surface area (Å²) in [5.41, 5.74) is 3.09. The molecule has 3 aromatic rings. The Bertz CT molecular complexity index is 1110. The molecular formula is C26H25Cl3FNO. The van der Waals surface area contributed by atoms with Gasteiger partial charge in [0, 0.05) is 13.1 Å². The van der Waals surface area contributed by atoms with Gasteiger partial charge >= 0.3 is 0 Å². The van der Waals surface area contributed by atoms with E-state index in [1.165, 1.54) is 17.7 Å². The molecule has 0 saturated carbocycles. The van der Waals surface area contributed by atoms with Gasteiger partial charge in [-0.3, -0.25) is 4.79 Å². The Morgan fingerprint density at radius 2 is 1.53 bits per heavy atom. The first kappa shape index (κ1) is 24.6. The fourth-order valence-corrected chi connectivity index (χ4v) is 3.88. The van der Waals surface area contributed by atoms with Crippen molar-refractivity contribution in [1.29, 1.82) is 0 Å². The molecule has 32 heavy (non-hydrogen) atoms. The van der Waals surface area contributed by atoms with Crippen LogP contribution in [0, 0.1) is 5.82 Å². The van der Waals surface area contributed by atoms with Crippen molar-refractivity contribution in [1.82, 2.24) is 4.90 Å². The normalized spacial score (nSPS) is 11.5. The van der Waals surface area contributed by atoms with Crippen LogP contribution < -0.4 is 0 Å². The maximum absolute atomic E-state index is 14.6. The Labute approximate surface area is 203 Å². The highest BCUT2D eigenvalue weighted by Gasteiger charge is 2.21. The number of hydrogen-bond acceptors (Lipinski definition) is 1. The molecule has 0 radical (unpaired) electrons. The lowest BCUT2D eigenvalue weighted by Crippen LogP contribution is -2.33. The first-order valence-corrected chi connectivity index (χ1v) is 11.5. The van der Waals surface area contributed by atoms with Gasteiger partial charge in [-0.2, -0.15) is 0 Å². The lowest BCUT2D eigenvalue weighted by atomic mass is 9.87. The largest absolute Gasteiger partial charge is 0.334 e. The van der Waals surface area contributed by atoms with Gasteiger partial charge < -0.3 is 4.90 Å². The van der Waals surface area contributed by atoms with E-state index in [1.807, 2.05) is 18.2 Å². The summed E-state index contributed by atoms with van der Waals surface area (Å²) in [6.45, 7) is 7.17. The van der Waals surface area contributed by atoms with Crippen LogP contribution in [0.5, 0.6) is 0 Å². The molecule has 0 aliphatic carbocycles. The van der Waals surface area contributed by atoms with Crippen molar-refractivity contribution < 1.29 is 9.18 Å². The molecule has 0 unspecified atom stereocenters. The summed E-state index contributed by atoms with van der Waals surface area (Å²) in [6, 6.07) is 18.0. The molecule has 0 atom stereocenters. The van der Waals surface area contributed by atoms with Gasteiger partial charge in [-0.25, -0.2) is 4.39 Å². The Hall–Kier alpha value is -2.07. The van der Waals surface area contributed by atoms with Crippen molar-refractivity contribution in [3.63, 3.8) is 0 Å². The average molecular weight is 493 g/mol. The minimum Gasteiger partial charge on any atom is -0.334 e. The summed E-state index contributed by atoms with van der Waals surface area (Å²) < 4.78 is 14.6. The van der Waals surface area contributed by atoms with Crippen molar-refractivity contribution in [3.8, 4) is 0 Å². The van der Waals surface area contributed by atoms with Crippen LogP contribution in [0.15, 0.2) is 60.7 Å². The molecular weight excluding hydrogens is 468 g/mol. The van der Waals surface area contributed by atoms with Crippen LogP contribution in [0.1, 0.15) is 47.8 Å². The van der Waals surface area contributed by atoms with Gasteiger partial charge in [0.25, 0.3) is 5.91 Å². The van der Waals surface area contributed by atoms with Crippen molar-refractivity contribution >= 4 is 40.7 Å². The van der Waals surface area contributed by atoms with Crippen molar-refractivity contribution in [2.45, 2.75) is 39.2 Å². The number of nitrogens with zero attached hydrogens (tertiary/aromatic N) is 1. The number of benzene rings is 3. The molecule has 0 aromatic heterocycles. The lowest BCUT2D eigenvalue weighted by Gasteiger charge is -2.24. The SMILES string of the molecule is CC(C)(C)c1ccc(CN(CCc2ccc(Cl)c(Cl)c2)C(=O)c2cccc(Cl)c2F)cc1. The third-order valence-electron chi connectivity index (χ3n) is 5.32. The molecule has 168 valence electrons. The van der Waals surface area contributed by atoms with Crippen LogP contribution in [-0.2, 0) is 18.4 Å². The second-order valence-electron chi connectivity index (χ2n) is 8.77. The molecule has 0 bridgehead atoms. The molecule has 0 fully saturated rings. The summed E-state index contributed by atoms with van der Waals surface area (Å²) in [5.74, 6) is -1.12. The van der Waals surface area contributed by atoms with E-state index in [0.717, 1.165) is 11.1 Å². The second-order valence-corrected chi connectivity index (χ2v) is 10.00. The van der Waals surface area contributed by atoms with Crippen molar-refractivity contribution in [2.75, 3.05) is 6.54 Å². The van der Waals surface area contributed by atoms with Gasteiger partial charge in [-0.1, -0.05) is 92.0 Å². The number of rotatable bonds is 6. The molecule has 1 amide bonds. The second kappa shape index (κ2) is 10.2. The molecule has 0 spiro atoms. The number of halogens is 4. The van der Waals surface area contributed by atoms with Crippen LogP contribution in [0.25, 0.3) is 0 Å². The van der Waals surface area contributed by atoms with E-state index in [9.17, 15) is 9.18 Å². The minimum absolute atomic E-state index is 0.0335. The molecule has 0 aliphatic rings. The lowest BCUT2D eigenvalue weighted by molar-refractivity contribution is 0.0740. The van der Waals surface area contributed by atoms with Crippen LogP contribution in [0.3, 0.4) is 0 Å². The summed E-state index contributed by atoms with van der Waals surface area (Å²) in [6.07, 6.45) is 0.547. The first-order chi connectivity index (χ1) is 15.1. The maximum Gasteiger partial charge on any atom is 0.257 e. The van der Waals surface area contributed by atoms with Gasteiger partial charge in [-0.15, -0.1) is 0 Å². The van der Waals surface area contributed by atoms with Gasteiger partial charge in [-0.05, 0) is 52.8 Å². The fraction of sp³-hybridized carbons (Fsp3) is 0.269. The van der Waals surface area contributed by atoms with E-state index in [4.69, 9.17) is 34.8 Å². The molecule has 6 heteroatoms. The Balaban J connectivity index is 1.86. The third kappa shape index (κ3) is 6.04. The summed E-state index contributed by atoms with van der Waals surface area (Å²) in [5, 5.41) is 0.860. The molecule has 3 rings (SSSR count). The van der Waals surface area contributed by atoms with Gasteiger partial charge in [0.15, 0.2) is 5.82 Å². The summed E-state index contributed by atoms with van der Waals surface area (Å²) >= 11 is 18.1. The predicted molar refractivity (Wildman–Crippen MR) is 131 cm³/mol. The van der Waals surface area contributed by atoms with Crippen molar-refractivity contribution in [3.05, 3.63) is 104 Å². The Morgan fingerprint density at radius 1 is 0.875 bits per heavy atom. The highest BCUT2D eigenvalue weighted by Crippen LogP contribution is 2.25. The number of carbonyl (C=O) groups is 1. The van der Waals surface area contributed by atoms with Crippen LogP contribution in [0.4, 0.5) is 4.39 Å². The van der Waals surface area contributed by atoms with E-state index < -0.39 is 11.7 Å². The molecule has 0 N–H and O–H groups in total. The topological polar surface area (TPSA) is 20.3 Å². The van der Waals surface area contributed by atoms with E-state index in [-0.39, 0.29) is 16.0 Å². The zero-order valence-corrected chi connectivity index (χ0v) is 20.5. The number of carbonyl (C=O) groups excluding carboxylic acids is 1. The summed E-state index contributed by atoms with van der Waals surface area (Å²) in [4.78, 5) is 14.9. The average Bonchev–Trinajstić information content (AvgIpc) is 2.74. The fourth-order valence-electron chi connectivity index (χ4n) is 3.38. The van der Waals surface area contributed by atoms with Crippen LogP contribution in [-0.4, -0.2) is 17.4 Å². The molecule has 0 heterocycles. The first-order valence-electron chi connectivity index (χ1n) is 10.3. The maximum atomic E-state index is 14.6. The standard InChI is InChI=1S/C26H25Cl3FNO/c1-26(2,3)19-10-7-18(8-11-19)16-31(14-13-17-9-12-21(27)23(29)15-17)25(32)20-5-4-6-22(28)24(20)30/h4-12,15H,13-14,16H2,1-3H3. The van der Waals surface area contributed by atoms with Crippen LogP contribution >= 0.6 is 34.8 Å². The zero-order valence-electron chi connectivity index (χ0n) is 18.3. The van der Waals surface area contributed by atoms with Crippen LogP contribution in [0.2, 0.25) is 15.1 Å². The molecule has 3 aromatic carbocycles. The monoisotopic (exact) mass is 491 g/mol. The highest BCUT2D eigenvalue weighted by atomic mass is 35.5. The number of hydrogen-bond donors (Lipinski definition) is 0. The molecule has 0 saturated heterocycles. The van der Waals surface area contributed by atoms with Gasteiger partial charge in [0.05, 0.1) is 20.6 Å². The molecule has 0 aliphatic heterocycles. The summed E-state index contributed by atoms with van der Waals surface area (Å²) in [7, 11) is 0. The Kier molecular flexibility index (Phi) is 7.87. The Morgan fingerprint density at radius 3 is 2.16 bits per heavy atom. The predicted octanol–water partition coefficient (Wildman–Crippen LogP) is 7.97. The van der Waals surface area contributed by atoms with E-state index in [0.29, 0.717) is 29.6 Å². The zero-order chi connectivity index (χ0) is 23.5. The number of amides is 1. The van der Waals surface area contributed by atoms with Gasteiger partial charge in [0.2, 0.25) is 0 Å². The van der Waals surface area contributed by atoms with Gasteiger partial charge in [0.1, 0.15) is 0 Å². The third-order valence-corrected chi connectivity index (χ3v) is 6.35.